The second kappa shape index (κ2) is 8.47. The first-order chi connectivity index (χ1) is 14.4. The van der Waals surface area contributed by atoms with E-state index in [0.29, 0.717) is 17.9 Å². The lowest BCUT2D eigenvalue weighted by Gasteiger charge is -2.32. The van der Waals surface area contributed by atoms with Crippen molar-refractivity contribution in [2.75, 3.05) is 13.1 Å². The van der Waals surface area contributed by atoms with E-state index in [2.05, 4.69) is 37.0 Å². The van der Waals surface area contributed by atoms with Crippen LogP contribution < -0.4 is 0 Å². The van der Waals surface area contributed by atoms with Crippen molar-refractivity contribution in [2.45, 2.75) is 52.4 Å². The van der Waals surface area contributed by atoms with Gasteiger partial charge in [0.15, 0.2) is 5.78 Å². The lowest BCUT2D eigenvalue weighted by molar-refractivity contribution is -0.132. The summed E-state index contributed by atoms with van der Waals surface area (Å²) in [6.45, 7) is 7.84. The molecular formula is C26H30N2O2. The molecule has 1 fully saturated rings. The van der Waals surface area contributed by atoms with Gasteiger partial charge in [0.05, 0.1) is 0 Å². The molecule has 4 rings (SSSR count). The highest BCUT2D eigenvalue weighted by atomic mass is 16.2. The fraction of sp³-hybridized carbons (Fsp3) is 0.385. The van der Waals surface area contributed by atoms with Crippen LogP contribution in [0.4, 0.5) is 0 Å². The number of likely N-dealkylation sites (tertiary alicyclic amines) is 1. The molecule has 30 heavy (non-hydrogen) atoms. The van der Waals surface area contributed by atoms with Gasteiger partial charge in [-0.3, -0.25) is 9.59 Å². The molecule has 1 aliphatic rings. The molecule has 0 bridgehead atoms. The number of aromatic amines is 1. The molecule has 4 heteroatoms. The van der Waals surface area contributed by atoms with Crippen LogP contribution in [0.5, 0.6) is 0 Å². The zero-order chi connectivity index (χ0) is 21.3. The van der Waals surface area contributed by atoms with E-state index < -0.39 is 0 Å². The van der Waals surface area contributed by atoms with Crippen LogP contribution in [0.1, 0.15) is 64.3 Å². The van der Waals surface area contributed by atoms with Gasteiger partial charge in [0.2, 0.25) is 5.91 Å². The molecule has 4 nitrogen and oxygen atoms in total. The van der Waals surface area contributed by atoms with Crippen molar-refractivity contribution in [1.82, 2.24) is 9.88 Å². The van der Waals surface area contributed by atoms with Gasteiger partial charge < -0.3 is 9.88 Å². The number of fused-ring (bicyclic) bond motifs is 1. The number of nitrogens with one attached hydrogen (secondary N) is 1. The third-order valence-corrected chi connectivity index (χ3v) is 6.45. The summed E-state index contributed by atoms with van der Waals surface area (Å²) in [6.07, 6.45) is 2.50. The average Bonchev–Trinajstić information content (AvgIpc) is 3.08. The van der Waals surface area contributed by atoms with Gasteiger partial charge in [0, 0.05) is 54.0 Å². The van der Waals surface area contributed by atoms with Crippen LogP contribution >= 0.6 is 0 Å². The second-order valence-electron chi connectivity index (χ2n) is 8.66. The van der Waals surface area contributed by atoms with E-state index in [1.807, 2.05) is 36.1 Å². The third kappa shape index (κ3) is 4.18. The van der Waals surface area contributed by atoms with Crippen molar-refractivity contribution in [1.29, 1.82) is 0 Å². The predicted molar refractivity (Wildman–Crippen MR) is 121 cm³/mol. The molecule has 1 aromatic heterocycles. The quantitative estimate of drug-likeness (QED) is 0.576. The Bertz CT molecular complexity index is 1070. The maximum Gasteiger partial charge on any atom is 0.223 e. The molecule has 1 saturated heterocycles. The van der Waals surface area contributed by atoms with Crippen LogP contribution in [-0.2, 0) is 4.79 Å². The summed E-state index contributed by atoms with van der Waals surface area (Å²) in [4.78, 5) is 30.5. The number of H-pyrrole nitrogens is 1. The first-order valence-electron chi connectivity index (χ1n) is 10.9. The van der Waals surface area contributed by atoms with Gasteiger partial charge in [-0.25, -0.2) is 0 Å². The van der Waals surface area contributed by atoms with E-state index in [1.54, 1.807) is 0 Å². The summed E-state index contributed by atoms with van der Waals surface area (Å²) in [7, 11) is 0. The number of piperidine rings is 1. The first kappa shape index (κ1) is 20.4. The zero-order valence-electron chi connectivity index (χ0n) is 18.1. The zero-order valence-corrected chi connectivity index (χ0v) is 18.1. The summed E-state index contributed by atoms with van der Waals surface area (Å²) in [5.41, 5.74) is 6.94. The van der Waals surface area contributed by atoms with Gasteiger partial charge >= 0.3 is 0 Å². The maximum atomic E-state index is 12.6. The second-order valence-corrected chi connectivity index (χ2v) is 8.66. The molecule has 0 radical (unpaired) electrons. The Hall–Kier alpha value is -2.88. The molecule has 3 aromatic rings. The van der Waals surface area contributed by atoms with E-state index in [-0.39, 0.29) is 18.1 Å². The van der Waals surface area contributed by atoms with Crippen molar-refractivity contribution in [3.63, 3.8) is 0 Å². The van der Waals surface area contributed by atoms with Crippen LogP contribution in [0, 0.1) is 20.8 Å². The number of hydrogen-bond acceptors (Lipinski definition) is 2. The average molecular weight is 403 g/mol. The normalized spacial score (nSPS) is 15.0. The highest BCUT2D eigenvalue weighted by Gasteiger charge is 2.26. The van der Waals surface area contributed by atoms with Gasteiger partial charge in [-0.1, -0.05) is 41.5 Å². The fourth-order valence-electron chi connectivity index (χ4n) is 4.55. The van der Waals surface area contributed by atoms with Gasteiger partial charge in [-0.05, 0) is 51.3 Å². The monoisotopic (exact) mass is 402 g/mol. The van der Waals surface area contributed by atoms with E-state index >= 15 is 0 Å². The summed E-state index contributed by atoms with van der Waals surface area (Å²) in [6, 6.07) is 14.1. The number of carbonyl (C=O) groups is 2. The van der Waals surface area contributed by atoms with Crippen LogP contribution in [0.25, 0.3) is 10.9 Å². The van der Waals surface area contributed by atoms with Gasteiger partial charge in [-0.2, -0.15) is 0 Å². The van der Waals surface area contributed by atoms with Crippen LogP contribution in [0.3, 0.4) is 0 Å². The maximum absolute atomic E-state index is 12.6. The summed E-state index contributed by atoms with van der Waals surface area (Å²) < 4.78 is 0. The lowest BCUT2D eigenvalue weighted by Crippen LogP contribution is -2.38. The van der Waals surface area contributed by atoms with E-state index in [0.717, 1.165) is 31.5 Å². The number of hydrogen-bond donors (Lipinski definition) is 1. The third-order valence-electron chi connectivity index (χ3n) is 6.45. The number of benzene rings is 2. The minimum absolute atomic E-state index is 0.0437. The van der Waals surface area contributed by atoms with Crippen molar-refractivity contribution in [2.24, 2.45) is 0 Å². The minimum Gasteiger partial charge on any atom is -0.358 e. The molecular weight excluding hydrogens is 372 g/mol. The smallest absolute Gasteiger partial charge is 0.223 e. The standard InChI is InChI=1S/C26H30N2O2/c1-17-4-7-20(8-5-17)24(29)10-11-25(30)28-14-12-21(13-15-28)26-19(3)22-16-18(2)6-9-23(22)27-26/h4-9,16,21,27H,10-15H2,1-3H3. The van der Waals surface area contributed by atoms with E-state index in [4.69, 9.17) is 0 Å². The Morgan fingerprint density at radius 3 is 2.30 bits per heavy atom. The fourth-order valence-corrected chi connectivity index (χ4v) is 4.55. The lowest BCUT2D eigenvalue weighted by atomic mass is 9.91. The molecule has 0 atom stereocenters. The number of aromatic nitrogens is 1. The molecule has 0 aliphatic carbocycles. The molecule has 0 unspecified atom stereocenters. The van der Waals surface area contributed by atoms with Crippen LogP contribution in [0.2, 0.25) is 0 Å². The Morgan fingerprint density at radius 1 is 0.933 bits per heavy atom. The molecule has 2 aromatic carbocycles. The topological polar surface area (TPSA) is 53.2 Å². The minimum atomic E-state index is 0.0437. The summed E-state index contributed by atoms with van der Waals surface area (Å²) >= 11 is 0. The largest absolute Gasteiger partial charge is 0.358 e. The number of nitrogens with zero attached hydrogens (tertiary/aromatic N) is 1. The van der Waals surface area contributed by atoms with Gasteiger partial charge in [0.25, 0.3) is 0 Å². The summed E-state index contributed by atoms with van der Waals surface area (Å²) in [5.74, 6) is 0.594. The molecule has 156 valence electrons. The number of aryl methyl sites for hydroxylation is 3. The van der Waals surface area contributed by atoms with Crippen LogP contribution in [0.15, 0.2) is 42.5 Å². The molecule has 1 N–H and O–H groups in total. The highest BCUT2D eigenvalue weighted by molar-refractivity contribution is 5.98. The number of rotatable bonds is 5. The molecule has 1 aliphatic heterocycles. The highest BCUT2D eigenvalue weighted by Crippen LogP contribution is 2.34. The number of amides is 1. The van der Waals surface area contributed by atoms with Crippen molar-refractivity contribution in [3.05, 3.63) is 70.4 Å². The Morgan fingerprint density at radius 2 is 1.60 bits per heavy atom. The first-order valence-corrected chi connectivity index (χ1v) is 10.9. The van der Waals surface area contributed by atoms with Gasteiger partial charge in [0.1, 0.15) is 0 Å². The van der Waals surface area contributed by atoms with E-state index in [1.165, 1.54) is 27.7 Å². The number of ketones is 1. The Balaban J connectivity index is 1.33. The SMILES string of the molecule is Cc1ccc(C(=O)CCC(=O)N2CCC(c3[nH]c4ccc(C)cc4c3C)CC2)cc1. The molecule has 2 heterocycles. The van der Waals surface area contributed by atoms with Crippen molar-refractivity contribution < 1.29 is 9.59 Å². The Labute approximate surface area is 178 Å². The van der Waals surface area contributed by atoms with Crippen molar-refractivity contribution >= 4 is 22.6 Å². The molecule has 1 amide bonds. The van der Waals surface area contributed by atoms with Gasteiger partial charge in [-0.15, -0.1) is 0 Å². The van der Waals surface area contributed by atoms with Crippen molar-refractivity contribution in [3.8, 4) is 0 Å². The molecule has 0 saturated carbocycles. The molecule has 0 spiro atoms. The Kier molecular flexibility index (Phi) is 5.76. The van der Waals surface area contributed by atoms with E-state index in [9.17, 15) is 9.59 Å². The van der Waals surface area contributed by atoms with Crippen LogP contribution in [-0.4, -0.2) is 34.7 Å². The number of carbonyl (C=O) groups excluding carboxylic acids is 2. The predicted octanol–water partition coefficient (Wildman–Crippen LogP) is 5.46. The number of Topliss-reactive ketones (excluding diaryl/α,β-unsaturated/α-hetero) is 1. The summed E-state index contributed by atoms with van der Waals surface area (Å²) in [5, 5.41) is 1.30.